The van der Waals surface area contributed by atoms with Gasteiger partial charge in [-0.25, -0.2) is 28.5 Å². The average Bonchev–Trinajstić information content (AvgIpc) is 3.28. The topological polar surface area (TPSA) is 123 Å². The number of hydrogen-bond acceptors (Lipinski definition) is 7. The molecular formula is C29H21F2N5O4. The number of nitrogens with zero attached hydrogens (tertiary/aromatic N) is 5. The number of nitriles is 1. The van der Waals surface area contributed by atoms with Crippen LogP contribution >= 0.6 is 0 Å². The second-order valence-corrected chi connectivity index (χ2v) is 8.85. The van der Waals surface area contributed by atoms with Gasteiger partial charge < -0.3 is 19.1 Å². The number of methoxy groups -OCH3 is 1. The fourth-order valence-electron chi connectivity index (χ4n) is 4.21. The lowest BCUT2D eigenvalue weighted by atomic mass is 10.0. The van der Waals surface area contributed by atoms with E-state index < -0.39 is 17.6 Å². The van der Waals surface area contributed by atoms with Crippen LogP contribution in [0.15, 0.2) is 60.8 Å². The van der Waals surface area contributed by atoms with Gasteiger partial charge in [-0.15, -0.1) is 0 Å². The zero-order valence-electron chi connectivity index (χ0n) is 21.4. The first kappa shape index (κ1) is 26.2. The molecule has 0 unspecified atom stereocenters. The molecule has 0 radical (unpaired) electrons. The number of carboxylic acids is 1. The summed E-state index contributed by atoms with van der Waals surface area (Å²) >= 11 is 0. The molecule has 3 aromatic heterocycles. The fraction of sp³-hybridized carbons (Fsp3) is 0.138. The maximum atomic E-state index is 15.2. The van der Waals surface area contributed by atoms with E-state index in [4.69, 9.17) is 14.7 Å². The minimum atomic E-state index is -1.12. The van der Waals surface area contributed by atoms with Gasteiger partial charge in [-0.05, 0) is 42.0 Å². The Kier molecular flexibility index (Phi) is 7.07. The molecule has 0 bridgehead atoms. The van der Waals surface area contributed by atoms with Gasteiger partial charge in [0.05, 0.1) is 23.9 Å². The highest BCUT2D eigenvalue weighted by Crippen LogP contribution is 2.30. The maximum absolute atomic E-state index is 15.2. The van der Waals surface area contributed by atoms with Crippen molar-refractivity contribution in [3.05, 3.63) is 101 Å². The highest BCUT2D eigenvalue weighted by molar-refractivity contribution is 5.95. The number of benzene rings is 2. The molecule has 11 heteroatoms. The summed E-state index contributed by atoms with van der Waals surface area (Å²) in [5.74, 6) is -1.59. The molecule has 0 fully saturated rings. The van der Waals surface area contributed by atoms with Gasteiger partial charge in [0.2, 0.25) is 5.88 Å². The minimum absolute atomic E-state index is 0.0211. The van der Waals surface area contributed by atoms with Gasteiger partial charge in [0.1, 0.15) is 47.1 Å². The lowest BCUT2D eigenvalue weighted by Crippen LogP contribution is -2.03. The largest absolute Gasteiger partial charge is 0.494 e. The second kappa shape index (κ2) is 10.8. The van der Waals surface area contributed by atoms with Crippen LogP contribution in [0.2, 0.25) is 0 Å². The molecule has 0 spiro atoms. The van der Waals surface area contributed by atoms with Crippen molar-refractivity contribution in [1.82, 2.24) is 19.5 Å². The Morgan fingerprint density at radius 2 is 1.93 bits per heavy atom. The Labute approximate surface area is 226 Å². The van der Waals surface area contributed by atoms with Gasteiger partial charge in [0.25, 0.3) is 0 Å². The molecule has 1 N–H and O–H groups in total. The number of hydrogen-bond donors (Lipinski definition) is 1. The monoisotopic (exact) mass is 541 g/mol. The average molecular weight is 542 g/mol. The first-order valence-corrected chi connectivity index (χ1v) is 12.0. The third-order valence-corrected chi connectivity index (χ3v) is 6.32. The molecule has 0 aliphatic carbocycles. The van der Waals surface area contributed by atoms with Gasteiger partial charge in [-0.3, -0.25) is 0 Å². The predicted octanol–water partition coefficient (Wildman–Crippen LogP) is 5.06. The zero-order valence-corrected chi connectivity index (χ0v) is 21.4. The number of carboxylic acid groups (broad SMARTS) is 1. The lowest BCUT2D eigenvalue weighted by Gasteiger charge is -2.10. The normalized spacial score (nSPS) is 10.9. The van der Waals surface area contributed by atoms with Crippen LogP contribution in [0.5, 0.6) is 11.6 Å². The van der Waals surface area contributed by atoms with Crippen molar-refractivity contribution >= 4 is 17.0 Å². The molecule has 0 saturated carbocycles. The first-order chi connectivity index (χ1) is 19.3. The summed E-state index contributed by atoms with van der Waals surface area (Å²) in [5.41, 5.74) is 2.14. The molecule has 0 aliphatic heterocycles. The van der Waals surface area contributed by atoms with Crippen molar-refractivity contribution in [3.63, 3.8) is 0 Å². The van der Waals surface area contributed by atoms with Crippen molar-refractivity contribution in [2.24, 2.45) is 7.05 Å². The smallest absolute Gasteiger partial charge is 0.335 e. The Morgan fingerprint density at radius 3 is 2.62 bits per heavy atom. The minimum Gasteiger partial charge on any atom is -0.494 e. The highest BCUT2D eigenvalue weighted by Gasteiger charge is 2.19. The Bertz CT molecular complexity index is 1800. The summed E-state index contributed by atoms with van der Waals surface area (Å²) in [5, 5.41) is 18.3. The third-order valence-electron chi connectivity index (χ3n) is 6.32. The predicted molar refractivity (Wildman–Crippen MR) is 140 cm³/mol. The van der Waals surface area contributed by atoms with Crippen LogP contribution in [-0.4, -0.2) is 37.7 Å². The number of carbonyl (C=O) groups is 1. The van der Waals surface area contributed by atoms with Crippen LogP contribution < -0.4 is 9.47 Å². The zero-order chi connectivity index (χ0) is 28.4. The number of imidazole rings is 1. The van der Waals surface area contributed by atoms with E-state index >= 15 is 8.78 Å². The van der Waals surface area contributed by atoms with E-state index in [1.54, 1.807) is 41.9 Å². The van der Waals surface area contributed by atoms with E-state index in [0.717, 1.165) is 12.1 Å². The van der Waals surface area contributed by atoms with Gasteiger partial charge in [0, 0.05) is 36.9 Å². The number of ether oxygens (including phenoxy) is 2. The molecule has 5 aromatic rings. The highest BCUT2D eigenvalue weighted by atomic mass is 19.1. The molecule has 40 heavy (non-hydrogen) atoms. The molecule has 9 nitrogen and oxygen atoms in total. The molecule has 3 heterocycles. The van der Waals surface area contributed by atoms with E-state index in [0.29, 0.717) is 22.4 Å². The quantitative estimate of drug-likeness (QED) is 0.289. The standard InChI is InChI=1S/C29H21F2N5O4/c1-36-24-9-18(29(37)38)10-25(39-2)28(24)35-26(36)11-17-8-22(31)20(12-21(17)30)23-4-3-5-27(34-23)40-15-16-6-7-19(13-32)33-14-16/h3-10,12,14H,11,15H2,1-2H3,(H,37,38). The Hall–Kier alpha value is -5.37. The van der Waals surface area contributed by atoms with Crippen LogP contribution in [0.25, 0.3) is 22.3 Å². The molecule has 5 rings (SSSR count). The lowest BCUT2D eigenvalue weighted by molar-refractivity contribution is 0.0696. The van der Waals surface area contributed by atoms with Crippen molar-refractivity contribution in [2.45, 2.75) is 13.0 Å². The van der Waals surface area contributed by atoms with Gasteiger partial charge in [0.15, 0.2) is 0 Å². The third kappa shape index (κ3) is 5.15. The molecule has 0 atom stereocenters. The molecular weight excluding hydrogens is 520 g/mol. The number of pyridine rings is 2. The number of fused-ring (bicyclic) bond motifs is 1. The summed E-state index contributed by atoms with van der Waals surface area (Å²) in [6.07, 6.45) is 1.47. The second-order valence-electron chi connectivity index (χ2n) is 8.85. The number of aryl methyl sites for hydroxylation is 1. The van der Waals surface area contributed by atoms with Gasteiger partial charge >= 0.3 is 5.97 Å². The molecule has 2 aromatic carbocycles. The van der Waals surface area contributed by atoms with Crippen LogP contribution in [0, 0.1) is 23.0 Å². The Balaban J connectivity index is 1.40. The summed E-state index contributed by atoms with van der Waals surface area (Å²) in [4.78, 5) is 24.3. The Morgan fingerprint density at radius 1 is 1.10 bits per heavy atom. The summed E-state index contributed by atoms with van der Waals surface area (Å²) < 4.78 is 43.1. The molecule has 200 valence electrons. The van der Waals surface area contributed by atoms with E-state index in [2.05, 4.69) is 15.0 Å². The van der Waals surface area contributed by atoms with E-state index in [-0.39, 0.29) is 52.7 Å². The number of rotatable bonds is 8. The van der Waals surface area contributed by atoms with Crippen molar-refractivity contribution in [3.8, 4) is 29.0 Å². The van der Waals surface area contributed by atoms with Crippen molar-refractivity contribution in [2.75, 3.05) is 7.11 Å². The maximum Gasteiger partial charge on any atom is 0.335 e. The molecule has 0 amide bonds. The SMILES string of the molecule is COc1cc(C(=O)O)cc2c1nc(Cc1cc(F)c(-c3cccc(OCc4ccc(C#N)nc4)n3)cc1F)n2C. The number of halogens is 2. The van der Waals surface area contributed by atoms with Gasteiger partial charge in [-0.2, -0.15) is 5.26 Å². The molecule has 0 saturated heterocycles. The fourth-order valence-corrected chi connectivity index (χ4v) is 4.21. The summed E-state index contributed by atoms with van der Waals surface area (Å²) in [7, 11) is 3.07. The van der Waals surface area contributed by atoms with Crippen LogP contribution in [0.1, 0.15) is 33.0 Å². The van der Waals surface area contributed by atoms with Crippen molar-refractivity contribution in [1.29, 1.82) is 5.26 Å². The van der Waals surface area contributed by atoms with E-state index in [1.807, 2.05) is 6.07 Å². The first-order valence-electron chi connectivity index (χ1n) is 12.0. The van der Waals surface area contributed by atoms with Crippen LogP contribution in [0.3, 0.4) is 0 Å². The summed E-state index contributed by atoms with van der Waals surface area (Å²) in [6.45, 7) is 0.127. The van der Waals surface area contributed by atoms with E-state index in [9.17, 15) is 9.90 Å². The van der Waals surface area contributed by atoms with E-state index in [1.165, 1.54) is 25.4 Å². The number of aromatic nitrogens is 4. The van der Waals surface area contributed by atoms with Crippen LogP contribution in [0.4, 0.5) is 8.78 Å². The molecule has 0 aliphatic rings. The van der Waals surface area contributed by atoms with Crippen LogP contribution in [-0.2, 0) is 20.1 Å². The van der Waals surface area contributed by atoms with Gasteiger partial charge in [-0.1, -0.05) is 12.1 Å². The van der Waals surface area contributed by atoms with Crippen molar-refractivity contribution < 1.29 is 28.2 Å². The number of aromatic carboxylic acids is 1. The summed E-state index contributed by atoms with van der Waals surface area (Å²) in [6, 6.07) is 15.0.